The van der Waals surface area contributed by atoms with Crippen molar-refractivity contribution in [2.24, 2.45) is 27.8 Å². The third-order valence-corrected chi connectivity index (χ3v) is 8.08. The van der Waals surface area contributed by atoms with Crippen LogP contribution in [-0.4, -0.2) is 11.6 Å². The number of carbonyl (C=O) groups excluding carboxylic acids is 1. The molecule has 0 saturated heterocycles. The maximum atomic E-state index is 13.2. The normalized spacial score (nSPS) is 32.3. The minimum Gasteiger partial charge on any atom is -0.273 e. The van der Waals surface area contributed by atoms with Crippen molar-refractivity contribution in [3.63, 3.8) is 0 Å². The molecule has 1 N–H and O–H groups in total. The topological polar surface area (TPSA) is 41.5 Å². The average Bonchev–Trinajstić information content (AvgIpc) is 3.32. The second kappa shape index (κ2) is 6.29. The Labute approximate surface area is 173 Å². The number of amides is 1. The van der Waals surface area contributed by atoms with Crippen LogP contribution in [0.4, 0.5) is 0 Å². The fourth-order valence-electron chi connectivity index (χ4n) is 6.37. The van der Waals surface area contributed by atoms with Gasteiger partial charge in [0, 0.05) is 16.2 Å². The van der Waals surface area contributed by atoms with E-state index in [-0.39, 0.29) is 28.1 Å². The van der Waals surface area contributed by atoms with E-state index < -0.39 is 0 Å². The minimum atomic E-state index is -0.235. The van der Waals surface area contributed by atoms with Crippen molar-refractivity contribution in [3.05, 3.63) is 71.8 Å². The lowest BCUT2D eigenvalue weighted by Crippen LogP contribution is -2.38. The first-order valence-electron chi connectivity index (χ1n) is 10.9. The number of nitrogens with zero attached hydrogens (tertiary/aromatic N) is 1. The zero-order chi connectivity index (χ0) is 20.3. The maximum Gasteiger partial charge on any atom is 0.244 e. The molecule has 3 nitrogen and oxygen atoms in total. The smallest absolute Gasteiger partial charge is 0.244 e. The first kappa shape index (κ1) is 18.6. The van der Waals surface area contributed by atoms with Crippen LogP contribution >= 0.6 is 0 Å². The van der Waals surface area contributed by atoms with Crippen molar-refractivity contribution in [2.45, 2.75) is 51.9 Å². The summed E-state index contributed by atoms with van der Waals surface area (Å²) in [5, 5.41) is 4.76. The zero-order valence-corrected chi connectivity index (χ0v) is 17.6. The fraction of sp³-hybridized carbons (Fsp3) is 0.462. The van der Waals surface area contributed by atoms with E-state index in [4.69, 9.17) is 5.10 Å². The standard InChI is InChI=1S/C26H30N2O/c1-24(2)20-14-15-25(3,16-20)23(24)28-27-22(29)21-17-26(21,18-10-6-4-7-11-18)19-12-8-5-9-13-19/h4-13,20-21H,14-17H2,1-3H3,(H,27,29)/b28-23+. The molecule has 3 aliphatic rings. The largest absolute Gasteiger partial charge is 0.273 e. The van der Waals surface area contributed by atoms with Gasteiger partial charge in [0.1, 0.15) is 0 Å². The highest BCUT2D eigenvalue weighted by atomic mass is 16.2. The van der Waals surface area contributed by atoms with Crippen molar-refractivity contribution < 1.29 is 4.79 Å². The van der Waals surface area contributed by atoms with Crippen LogP contribution in [0.2, 0.25) is 0 Å². The van der Waals surface area contributed by atoms with E-state index >= 15 is 0 Å². The van der Waals surface area contributed by atoms with Gasteiger partial charge < -0.3 is 0 Å². The Morgan fingerprint density at radius 1 is 0.931 bits per heavy atom. The SMILES string of the molecule is CC12CCC(C1)C(C)(C)/C2=N\NC(=O)C1CC1(c1ccccc1)c1ccccc1. The molecule has 3 heteroatoms. The summed E-state index contributed by atoms with van der Waals surface area (Å²) < 4.78 is 0. The van der Waals surface area contributed by atoms with Gasteiger partial charge in [0.15, 0.2) is 0 Å². The Morgan fingerprint density at radius 3 is 2.03 bits per heavy atom. The second-order valence-electron chi connectivity index (χ2n) is 10.1. The van der Waals surface area contributed by atoms with Crippen molar-refractivity contribution in [1.82, 2.24) is 5.43 Å². The predicted molar refractivity (Wildman–Crippen MR) is 117 cm³/mol. The van der Waals surface area contributed by atoms with Gasteiger partial charge >= 0.3 is 0 Å². The van der Waals surface area contributed by atoms with Gasteiger partial charge in [-0.3, -0.25) is 4.79 Å². The van der Waals surface area contributed by atoms with Gasteiger partial charge in [-0.15, -0.1) is 0 Å². The van der Waals surface area contributed by atoms with Crippen molar-refractivity contribution in [3.8, 4) is 0 Å². The summed E-state index contributed by atoms with van der Waals surface area (Å²) in [6, 6.07) is 20.9. The molecular weight excluding hydrogens is 356 g/mol. The Kier molecular flexibility index (Phi) is 4.03. The van der Waals surface area contributed by atoms with Gasteiger partial charge in [-0.25, -0.2) is 5.43 Å². The molecule has 0 radical (unpaired) electrons. The molecule has 3 unspecified atom stereocenters. The summed E-state index contributed by atoms with van der Waals surface area (Å²) in [4.78, 5) is 13.2. The molecular formula is C26H30N2O. The lowest BCUT2D eigenvalue weighted by Gasteiger charge is -2.35. The summed E-state index contributed by atoms with van der Waals surface area (Å²) in [6.45, 7) is 6.91. The lowest BCUT2D eigenvalue weighted by atomic mass is 9.71. The molecule has 3 atom stereocenters. The molecule has 1 amide bonds. The van der Waals surface area contributed by atoms with Crippen LogP contribution in [0.25, 0.3) is 0 Å². The lowest BCUT2D eigenvalue weighted by molar-refractivity contribution is -0.122. The van der Waals surface area contributed by atoms with Crippen LogP contribution in [-0.2, 0) is 10.2 Å². The number of fused-ring (bicyclic) bond motifs is 2. The van der Waals surface area contributed by atoms with Gasteiger partial charge in [0.25, 0.3) is 0 Å². The Morgan fingerprint density at radius 2 is 1.52 bits per heavy atom. The first-order valence-corrected chi connectivity index (χ1v) is 10.9. The molecule has 0 aromatic heterocycles. The third-order valence-electron chi connectivity index (χ3n) is 8.08. The molecule has 3 aliphatic carbocycles. The number of hydrogen-bond acceptors (Lipinski definition) is 2. The van der Waals surface area contributed by atoms with Crippen molar-refractivity contribution in [2.75, 3.05) is 0 Å². The van der Waals surface area contributed by atoms with E-state index in [1.807, 2.05) is 12.1 Å². The summed E-state index contributed by atoms with van der Waals surface area (Å²) in [5.41, 5.74) is 6.62. The van der Waals surface area contributed by atoms with Gasteiger partial charge in [0.05, 0.1) is 11.6 Å². The van der Waals surface area contributed by atoms with E-state index in [2.05, 4.69) is 74.7 Å². The Bertz CT molecular complexity index is 916. The van der Waals surface area contributed by atoms with Crippen LogP contribution in [0.3, 0.4) is 0 Å². The Balaban J connectivity index is 1.42. The van der Waals surface area contributed by atoms with Crippen LogP contribution in [0.15, 0.2) is 65.8 Å². The number of rotatable bonds is 4. The molecule has 3 fully saturated rings. The predicted octanol–water partition coefficient (Wildman–Crippen LogP) is 5.31. The highest BCUT2D eigenvalue weighted by Gasteiger charge is 2.61. The molecule has 0 aliphatic heterocycles. The average molecular weight is 387 g/mol. The molecule has 2 aromatic rings. The number of hydrogen-bond donors (Lipinski definition) is 1. The quantitative estimate of drug-likeness (QED) is 0.711. The number of hydrazone groups is 1. The van der Waals surface area contributed by atoms with Gasteiger partial charge in [-0.2, -0.15) is 5.10 Å². The number of benzene rings is 2. The van der Waals surface area contributed by atoms with Crippen LogP contribution in [0, 0.1) is 22.7 Å². The summed E-state index contributed by atoms with van der Waals surface area (Å²) >= 11 is 0. The van der Waals surface area contributed by atoms with Crippen LogP contribution in [0.1, 0.15) is 57.6 Å². The number of carbonyl (C=O) groups is 1. The van der Waals surface area contributed by atoms with E-state index in [9.17, 15) is 4.79 Å². The third kappa shape index (κ3) is 2.70. The molecule has 3 saturated carbocycles. The van der Waals surface area contributed by atoms with Crippen LogP contribution < -0.4 is 5.43 Å². The molecule has 150 valence electrons. The molecule has 29 heavy (non-hydrogen) atoms. The van der Waals surface area contributed by atoms with E-state index in [0.717, 1.165) is 6.42 Å². The van der Waals surface area contributed by atoms with E-state index in [0.29, 0.717) is 5.92 Å². The van der Waals surface area contributed by atoms with Crippen LogP contribution in [0.5, 0.6) is 0 Å². The second-order valence-corrected chi connectivity index (χ2v) is 10.1. The van der Waals surface area contributed by atoms with Gasteiger partial charge in [-0.1, -0.05) is 81.4 Å². The zero-order valence-electron chi connectivity index (χ0n) is 17.6. The summed E-state index contributed by atoms with van der Waals surface area (Å²) in [6.07, 6.45) is 4.51. The molecule has 0 heterocycles. The van der Waals surface area contributed by atoms with Crippen molar-refractivity contribution in [1.29, 1.82) is 0 Å². The van der Waals surface area contributed by atoms with E-state index in [1.165, 1.54) is 36.1 Å². The minimum absolute atomic E-state index is 0.0485. The highest BCUT2D eigenvalue weighted by Crippen LogP contribution is 2.61. The molecule has 5 rings (SSSR count). The molecule has 2 aromatic carbocycles. The highest BCUT2D eigenvalue weighted by molar-refractivity contribution is 5.98. The Hall–Kier alpha value is -2.42. The fourth-order valence-corrected chi connectivity index (χ4v) is 6.37. The first-order chi connectivity index (χ1) is 13.9. The monoisotopic (exact) mass is 386 g/mol. The van der Waals surface area contributed by atoms with Gasteiger partial charge in [0.2, 0.25) is 5.91 Å². The van der Waals surface area contributed by atoms with Crippen molar-refractivity contribution >= 4 is 11.6 Å². The van der Waals surface area contributed by atoms with E-state index in [1.54, 1.807) is 0 Å². The summed E-state index contributed by atoms with van der Waals surface area (Å²) in [5.74, 6) is 0.662. The van der Waals surface area contributed by atoms with Gasteiger partial charge in [-0.05, 0) is 42.7 Å². The maximum absolute atomic E-state index is 13.2. The molecule has 0 spiro atoms. The number of nitrogens with one attached hydrogen (secondary N) is 1. The summed E-state index contributed by atoms with van der Waals surface area (Å²) in [7, 11) is 0. The molecule has 2 bridgehead atoms.